The Hall–Kier alpha value is -0.980. The van der Waals surface area contributed by atoms with Gasteiger partial charge in [0.1, 0.15) is 5.75 Å². The van der Waals surface area contributed by atoms with Gasteiger partial charge in [-0.25, -0.2) is 0 Å². The number of hydrogen-bond acceptors (Lipinski definition) is 1. The highest BCUT2D eigenvalue weighted by molar-refractivity contribution is 5.20. The third-order valence-corrected chi connectivity index (χ3v) is 3.05. The highest BCUT2D eigenvalue weighted by Crippen LogP contribution is 2.16. The minimum atomic E-state index is 0.768. The number of benzene rings is 1. The third kappa shape index (κ3) is 7.04. The SMILES string of the molecule is CC(C)CCCC(C)CCOc1cc[c]cc1. The molecule has 1 radical (unpaired) electrons. The maximum Gasteiger partial charge on any atom is 0.119 e. The average molecular weight is 233 g/mol. The predicted molar refractivity (Wildman–Crippen MR) is 73.2 cm³/mol. The molecule has 1 aromatic rings. The molecule has 1 heteroatoms. The molecule has 0 heterocycles. The summed E-state index contributed by atoms with van der Waals surface area (Å²) >= 11 is 0. The van der Waals surface area contributed by atoms with Crippen LogP contribution in [0.3, 0.4) is 0 Å². The smallest absolute Gasteiger partial charge is 0.119 e. The van der Waals surface area contributed by atoms with Crippen LogP contribution in [0, 0.1) is 17.9 Å². The fourth-order valence-electron chi connectivity index (χ4n) is 1.86. The lowest BCUT2D eigenvalue weighted by Gasteiger charge is -2.13. The van der Waals surface area contributed by atoms with Gasteiger partial charge in [0.15, 0.2) is 0 Å². The molecule has 1 nitrogen and oxygen atoms in total. The molecule has 0 amide bonds. The average Bonchev–Trinajstić information content (AvgIpc) is 2.30. The van der Waals surface area contributed by atoms with Gasteiger partial charge in [-0.05, 0) is 36.5 Å². The molecular formula is C16H25O. The Morgan fingerprint density at radius 3 is 2.41 bits per heavy atom. The van der Waals surface area contributed by atoms with Crippen LogP contribution >= 0.6 is 0 Å². The lowest BCUT2D eigenvalue weighted by molar-refractivity contribution is 0.275. The van der Waals surface area contributed by atoms with Crippen molar-refractivity contribution >= 4 is 0 Å². The maximum absolute atomic E-state index is 5.68. The van der Waals surface area contributed by atoms with E-state index in [2.05, 4.69) is 26.8 Å². The molecule has 0 bridgehead atoms. The summed E-state index contributed by atoms with van der Waals surface area (Å²) in [4.78, 5) is 0. The van der Waals surface area contributed by atoms with Gasteiger partial charge >= 0.3 is 0 Å². The minimum Gasteiger partial charge on any atom is -0.494 e. The lowest BCUT2D eigenvalue weighted by Crippen LogP contribution is -2.04. The van der Waals surface area contributed by atoms with Crippen molar-refractivity contribution in [1.82, 2.24) is 0 Å². The largest absolute Gasteiger partial charge is 0.494 e. The summed E-state index contributed by atoms with van der Waals surface area (Å²) in [6.45, 7) is 7.73. The summed E-state index contributed by atoms with van der Waals surface area (Å²) in [6, 6.07) is 10.7. The second-order valence-corrected chi connectivity index (χ2v) is 5.30. The summed E-state index contributed by atoms with van der Waals surface area (Å²) < 4.78 is 5.68. The van der Waals surface area contributed by atoms with E-state index in [1.807, 2.05) is 24.3 Å². The first kappa shape index (κ1) is 14.1. The highest BCUT2D eigenvalue weighted by Gasteiger charge is 2.03. The zero-order chi connectivity index (χ0) is 12.5. The van der Waals surface area contributed by atoms with Crippen LogP contribution in [-0.4, -0.2) is 6.61 Å². The molecule has 0 N–H and O–H groups in total. The molecule has 1 atom stereocenters. The van der Waals surface area contributed by atoms with E-state index < -0.39 is 0 Å². The van der Waals surface area contributed by atoms with Crippen molar-refractivity contribution in [2.75, 3.05) is 6.61 Å². The maximum atomic E-state index is 5.68. The quantitative estimate of drug-likeness (QED) is 0.631. The van der Waals surface area contributed by atoms with E-state index in [0.717, 1.165) is 30.6 Å². The summed E-state index contributed by atoms with van der Waals surface area (Å²) in [5.74, 6) is 2.56. The molecule has 0 aromatic heterocycles. The van der Waals surface area contributed by atoms with E-state index >= 15 is 0 Å². The van der Waals surface area contributed by atoms with Gasteiger partial charge < -0.3 is 4.74 Å². The lowest BCUT2D eigenvalue weighted by atomic mass is 9.98. The van der Waals surface area contributed by atoms with Gasteiger partial charge in [0.2, 0.25) is 0 Å². The van der Waals surface area contributed by atoms with E-state index in [1.165, 1.54) is 19.3 Å². The van der Waals surface area contributed by atoms with Gasteiger partial charge in [0, 0.05) is 0 Å². The van der Waals surface area contributed by atoms with Crippen molar-refractivity contribution in [2.24, 2.45) is 11.8 Å². The number of ether oxygens (including phenoxy) is 1. The minimum absolute atomic E-state index is 0.768. The fraction of sp³-hybridized carbons (Fsp3) is 0.625. The molecular weight excluding hydrogens is 208 g/mol. The van der Waals surface area contributed by atoms with Crippen molar-refractivity contribution in [1.29, 1.82) is 0 Å². The third-order valence-electron chi connectivity index (χ3n) is 3.05. The molecule has 1 rings (SSSR count). The van der Waals surface area contributed by atoms with Gasteiger partial charge in [0.05, 0.1) is 6.61 Å². The Balaban J connectivity index is 2.06. The zero-order valence-corrected chi connectivity index (χ0v) is 11.4. The Labute approximate surface area is 106 Å². The summed E-state index contributed by atoms with van der Waals surface area (Å²) in [5, 5.41) is 0. The first-order valence-electron chi connectivity index (χ1n) is 6.77. The molecule has 0 saturated heterocycles. The van der Waals surface area contributed by atoms with Gasteiger partial charge in [0.25, 0.3) is 0 Å². The molecule has 0 fully saturated rings. The molecule has 17 heavy (non-hydrogen) atoms. The van der Waals surface area contributed by atoms with Crippen LogP contribution in [0.25, 0.3) is 0 Å². The molecule has 0 aliphatic heterocycles. The van der Waals surface area contributed by atoms with Crippen LogP contribution in [0.1, 0.15) is 46.5 Å². The normalized spacial score (nSPS) is 12.7. The second-order valence-electron chi connectivity index (χ2n) is 5.30. The Morgan fingerprint density at radius 2 is 1.76 bits per heavy atom. The van der Waals surface area contributed by atoms with Crippen molar-refractivity contribution in [3.05, 3.63) is 30.3 Å². The fourth-order valence-corrected chi connectivity index (χ4v) is 1.86. The van der Waals surface area contributed by atoms with E-state index in [4.69, 9.17) is 4.74 Å². The van der Waals surface area contributed by atoms with Gasteiger partial charge in [-0.2, -0.15) is 0 Å². The van der Waals surface area contributed by atoms with Crippen LogP contribution in [0.2, 0.25) is 0 Å². The van der Waals surface area contributed by atoms with E-state index in [1.54, 1.807) is 0 Å². The summed E-state index contributed by atoms with van der Waals surface area (Å²) in [7, 11) is 0. The Bertz CT molecular complexity index is 279. The van der Waals surface area contributed by atoms with E-state index in [-0.39, 0.29) is 0 Å². The van der Waals surface area contributed by atoms with Crippen LogP contribution in [0.15, 0.2) is 24.3 Å². The summed E-state index contributed by atoms with van der Waals surface area (Å²) in [5.41, 5.74) is 0. The van der Waals surface area contributed by atoms with Crippen molar-refractivity contribution in [2.45, 2.75) is 46.5 Å². The van der Waals surface area contributed by atoms with Crippen molar-refractivity contribution in [3.63, 3.8) is 0 Å². The Kier molecular flexibility index (Phi) is 6.76. The van der Waals surface area contributed by atoms with E-state index in [9.17, 15) is 0 Å². The van der Waals surface area contributed by atoms with Crippen LogP contribution in [0.4, 0.5) is 0 Å². The number of rotatable bonds is 8. The standard InChI is InChI=1S/C16H25O/c1-14(2)8-7-9-15(3)12-13-17-16-10-5-4-6-11-16/h5-6,10-11,14-15H,7-9,12-13H2,1-3H3. The van der Waals surface area contributed by atoms with Crippen LogP contribution in [0.5, 0.6) is 5.75 Å². The van der Waals surface area contributed by atoms with Crippen molar-refractivity contribution < 1.29 is 4.74 Å². The second kappa shape index (κ2) is 8.16. The van der Waals surface area contributed by atoms with Gasteiger partial charge in [-0.15, -0.1) is 0 Å². The zero-order valence-electron chi connectivity index (χ0n) is 11.4. The van der Waals surface area contributed by atoms with E-state index in [0.29, 0.717) is 0 Å². The van der Waals surface area contributed by atoms with Gasteiger partial charge in [-0.1, -0.05) is 52.2 Å². The summed E-state index contributed by atoms with van der Waals surface area (Å²) in [6.07, 6.45) is 5.17. The first-order chi connectivity index (χ1) is 8.18. The topological polar surface area (TPSA) is 9.23 Å². The van der Waals surface area contributed by atoms with Gasteiger partial charge in [-0.3, -0.25) is 0 Å². The predicted octanol–water partition coefficient (Wildman–Crippen LogP) is 4.72. The van der Waals surface area contributed by atoms with Crippen molar-refractivity contribution in [3.8, 4) is 5.75 Å². The monoisotopic (exact) mass is 233 g/mol. The first-order valence-corrected chi connectivity index (χ1v) is 6.77. The highest BCUT2D eigenvalue weighted by atomic mass is 16.5. The Morgan fingerprint density at radius 1 is 1.06 bits per heavy atom. The van der Waals surface area contributed by atoms with Crippen LogP contribution < -0.4 is 4.74 Å². The molecule has 0 saturated carbocycles. The molecule has 0 spiro atoms. The van der Waals surface area contributed by atoms with Crippen LogP contribution in [-0.2, 0) is 0 Å². The molecule has 1 aromatic carbocycles. The molecule has 0 aliphatic rings. The molecule has 0 aliphatic carbocycles. The number of hydrogen-bond donors (Lipinski definition) is 0. The molecule has 95 valence electrons. The molecule has 1 unspecified atom stereocenters.